The number of ether oxygens (including phenoxy) is 1. The fourth-order valence-electron chi connectivity index (χ4n) is 5.03. The van der Waals surface area contributed by atoms with Gasteiger partial charge in [-0.2, -0.15) is 0 Å². The lowest BCUT2D eigenvalue weighted by molar-refractivity contribution is 0.199. The maximum atomic E-state index is 14.8. The van der Waals surface area contributed by atoms with Gasteiger partial charge in [-0.1, -0.05) is 24.3 Å². The average Bonchev–Trinajstić information content (AvgIpc) is 2.98. The second-order valence-electron chi connectivity index (χ2n) is 10.4. The third kappa shape index (κ3) is 8.91. The van der Waals surface area contributed by atoms with Crippen LogP contribution in [0.4, 0.5) is 30.6 Å². The molecule has 0 unspecified atom stereocenters. The van der Waals surface area contributed by atoms with E-state index < -0.39 is 27.7 Å². The summed E-state index contributed by atoms with van der Waals surface area (Å²) in [6, 6.07) is 25.4. The monoisotopic (exact) mass is 642 g/mol. The van der Waals surface area contributed by atoms with Crippen molar-refractivity contribution < 1.29 is 26.7 Å². The molecule has 5 rings (SSSR count). The lowest BCUT2D eigenvalue weighted by Crippen LogP contribution is -2.49. The Morgan fingerprint density at radius 1 is 0.864 bits per heavy atom. The summed E-state index contributed by atoms with van der Waals surface area (Å²) in [5, 5.41) is 2.78. The predicted octanol–water partition coefficient (Wildman–Crippen LogP) is 7.25. The van der Waals surface area contributed by atoms with Crippen molar-refractivity contribution in [3.05, 3.63) is 114 Å². The molecule has 0 saturated carbocycles. The number of carbonyl (C=O) groups excluding carboxylic acids is 1. The van der Waals surface area contributed by atoms with E-state index in [1.807, 2.05) is 24.3 Å². The molecule has 0 radical (unpaired) electrons. The molecule has 2 amide bonds. The number of anilines is 3. The van der Waals surface area contributed by atoms with Crippen molar-refractivity contribution in [3.8, 4) is 11.5 Å². The minimum Gasteiger partial charge on any atom is -0.457 e. The van der Waals surface area contributed by atoms with E-state index in [9.17, 15) is 22.0 Å². The van der Waals surface area contributed by atoms with Crippen LogP contribution in [-0.2, 0) is 16.6 Å². The number of hydrogen-bond donors (Lipinski definition) is 2. The van der Waals surface area contributed by atoms with Crippen LogP contribution in [0.1, 0.15) is 18.4 Å². The van der Waals surface area contributed by atoms with Gasteiger partial charge in [-0.15, -0.1) is 12.4 Å². The summed E-state index contributed by atoms with van der Waals surface area (Å²) < 4.78 is 59.2. The summed E-state index contributed by atoms with van der Waals surface area (Å²) in [6.45, 7) is 2.14. The summed E-state index contributed by atoms with van der Waals surface area (Å²) in [5.41, 5.74) is 2.19. The van der Waals surface area contributed by atoms with E-state index in [-0.39, 0.29) is 24.1 Å². The minimum atomic E-state index is -3.35. The van der Waals surface area contributed by atoms with Crippen molar-refractivity contribution in [3.63, 3.8) is 0 Å². The van der Waals surface area contributed by atoms with Gasteiger partial charge in [0, 0.05) is 37.1 Å². The number of piperidine rings is 1. The van der Waals surface area contributed by atoms with Gasteiger partial charge >= 0.3 is 6.03 Å². The molecule has 232 valence electrons. The maximum absolute atomic E-state index is 14.8. The lowest BCUT2D eigenvalue weighted by Gasteiger charge is -2.38. The number of likely N-dealkylation sites (tertiary alicyclic amines) is 1. The molecular formula is C32H33ClF2N4O4S. The van der Waals surface area contributed by atoms with E-state index in [1.165, 1.54) is 35.2 Å². The summed E-state index contributed by atoms with van der Waals surface area (Å²) in [7, 11) is -3.35. The third-order valence-electron chi connectivity index (χ3n) is 7.07. The van der Waals surface area contributed by atoms with Crippen LogP contribution in [-0.4, -0.2) is 44.7 Å². The van der Waals surface area contributed by atoms with Gasteiger partial charge in [0.15, 0.2) is 0 Å². The van der Waals surface area contributed by atoms with E-state index in [1.54, 1.807) is 42.5 Å². The number of hydrogen-bond acceptors (Lipinski definition) is 5. The molecule has 12 heteroatoms. The molecule has 1 aliphatic heterocycles. The summed E-state index contributed by atoms with van der Waals surface area (Å²) >= 11 is 0. The van der Waals surface area contributed by atoms with Crippen LogP contribution in [0.3, 0.4) is 0 Å². The molecule has 1 fully saturated rings. The first kappa shape index (κ1) is 32.7. The van der Waals surface area contributed by atoms with Crippen LogP contribution in [0.15, 0.2) is 97.1 Å². The Balaban J connectivity index is 0.00000442. The first-order chi connectivity index (χ1) is 20.6. The molecular weight excluding hydrogens is 610 g/mol. The number of para-hydroxylation sites is 1. The topological polar surface area (TPSA) is 91.0 Å². The Morgan fingerprint density at radius 2 is 1.43 bits per heavy atom. The quantitative estimate of drug-likeness (QED) is 0.201. The highest BCUT2D eigenvalue weighted by Gasteiger charge is 2.31. The van der Waals surface area contributed by atoms with Crippen molar-refractivity contribution in [2.24, 2.45) is 0 Å². The molecule has 1 saturated heterocycles. The number of rotatable bonds is 9. The molecule has 8 nitrogen and oxygen atoms in total. The highest BCUT2D eigenvalue weighted by molar-refractivity contribution is 7.92. The van der Waals surface area contributed by atoms with Crippen molar-refractivity contribution in [1.29, 1.82) is 0 Å². The number of sulfonamides is 1. The molecule has 0 aromatic heterocycles. The molecule has 4 aromatic rings. The lowest BCUT2D eigenvalue weighted by atomic mass is 10.0. The Morgan fingerprint density at radius 3 is 2.02 bits per heavy atom. The van der Waals surface area contributed by atoms with E-state index in [0.29, 0.717) is 55.3 Å². The third-order valence-corrected chi connectivity index (χ3v) is 7.68. The van der Waals surface area contributed by atoms with Crippen LogP contribution in [0.2, 0.25) is 0 Å². The van der Waals surface area contributed by atoms with Gasteiger partial charge in [0.2, 0.25) is 10.0 Å². The number of carbonyl (C=O) groups is 1. The first-order valence-electron chi connectivity index (χ1n) is 13.8. The van der Waals surface area contributed by atoms with Gasteiger partial charge in [0.25, 0.3) is 0 Å². The van der Waals surface area contributed by atoms with Crippen LogP contribution in [0.25, 0.3) is 0 Å². The highest BCUT2D eigenvalue weighted by Crippen LogP contribution is 2.29. The Kier molecular flexibility index (Phi) is 10.8. The second kappa shape index (κ2) is 14.5. The standard InChI is InChI=1S/C32H32F2N4O4S.ClH/c1-43(40,41)36-26-12-16-29(17-13-26)42-28-14-6-23(7-15-28)22-37-20-18-27(19-21-37)38(31-5-3-2-4-30(31)34)32(39)35-25-10-8-24(33)9-11-25;/h2-17,27,36H,18-22H2,1H3,(H,35,39);1H. The van der Waals surface area contributed by atoms with Crippen molar-refractivity contribution in [1.82, 2.24) is 4.90 Å². The summed E-state index contributed by atoms with van der Waals surface area (Å²) in [6.07, 6.45) is 2.39. The molecule has 44 heavy (non-hydrogen) atoms. The zero-order chi connectivity index (χ0) is 30.4. The number of halogens is 3. The van der Waals surface area contributed by atoms with Crippen molar-refractivity contribution in [2.45, 2.75) is 25.4 Å². The molecule has 2 N–H and O–H groups in total. The average molecular weight is 643 g/mol. The predicted molar refractivity (Wildman–Crippen MR) is 171 cm³/mol. The zero-order valence-corrected chi connectivity index (χ0v) is 25.6. The SMILES string of the molecule is CS(=O)(=O)Nc1ccc(Oc2ccc(CN3CCC(N(C(=O)Nc4ccc(F)cc4)c4ccccc4F)CC3)cc2)cc1.Cl. The van der Waals surface area contributed by atoms with Crippen LogP contribution in [0.5, 0.6) is 11.5 Å². The van der Waals surface area contributed by atoms with Crippen LogP contribution < -0.4 is 19.7 Å². The smallest absolute Gasteiger partial charge is 0.326 e. The molecule has 4 aromatic carbocycles. The van der Waals surface area contributed by atoms with Gasteiger partial charge in [0.05, 0.1) is 11.9 Å². The number of amides is 2. The molecule has 0 spiro atoms. The maximum Gasteiger partial charge on any atom is 0.326 e. The fourth-order valence-corrected chi connectivity index (χ4v) is 5.60. The largest absolute Gasteiger partial charge is 0.457 e. The van der Waals surface area contributed by atoms with E-state index in [0.717, 1.165) is 11.8 Å². The van der Waals surface area contributed by atoms with Crippen molar-refractivity contribution in [2.75, 3.05) is 34.3 Å². The van der Waals surface area contributed by atoms with Crippen molar-refractivity contribution >= 4 is 45.5 Å². The molecule has 0 bridgehead atoms. The van der Waals surface area contributed by atoms with Gasteiger partial charge in [-0.25, -0.2) is 22.0 Å². The fraction of sp³-hybridized carbons (Fsp3) is 0.219. The number of benzene rings is 4. The van der Waals surface area contributed by atoms with E-state index in [4.69, 9.17) is 4.74 Å². The number of nitrogens with zero attached hydrogens (tertiary/aromatic N) is 2. The number of urea groups is 1. The normalized spacial score (nSPS) is 13.9. The van der Waals surface area contributed by atoms with Gasteiger partial charge < -0.3 is 10.1 Å². The van der Waals surface area contributed by atoms with E-state index >= 15 is 0 Å². The van der Waals surface area contributed by atoms with Gasteiger partial charge in [-0.3, -0.25) is 14.5 Å². The Bertz CT molecular complexity index is 1650. The molecule has 0 atom stereocenters. The second-order valence-corrected chi connectivity index (χ2v) is 12.2. The Hall–Kier alpha value is -4.19. The molecule has 1 aliphatic rings. The summed E-state index contributed by atoms with van der Waals surface area (Å²) in [5.74, 6) is 0.341. The van der Waals surface area contributed by atoms with Crippen LogP contribution in [0, 0.1) is 11.6 Å². The summed E-state index contributed by atoms with van der Waals surface area (Å²) in [4.78, 5) is 17.1. The van der Waals surface area contributed by atoms with Crippen LogP contribution >= 0.6 is 12.4 Å². The zero-order valence-electron chi connectivity index (χ0n) is 24.0. The first-order valence-corrected chi connectivity index (χ1v) is 15.7. The van der Waals surface area contributed by atoms with Gasteiger partial charge in [-0.05, 0) is 91.2 Å². The Labute approximate surface area is 262 Å². The van der Waals surface area contributed by atoms with E-state index in [2.05, 4.69) is 14.9 Å². The molecule has 0 aliphatic carbocycles. The molecule has 1 heterocycles. The minimum absolute atomic E-state index is 0. The highest BCUT2D eigenvalue weighted by atomic mass is 35.5. The number of nitrogens with one attached hydrogen (secondary N) is 2. The van der Waals surface area contributed by atoms with Gasteiger partial charge in [0.1, 0.15) is 23.1 Å².